The number of rotatable bonds is 7. The molecule has 0 radical (unpaired) electrons. The Morgan fingerprint density at radius 2 is 0.789 bits per heavy atom. The first-order chi connectivity index (χ1) is 28.3. The summed E-state index contributed by atoms with van der Waals surface area (Å²) in [6, 6.07) is 85.1. The maximum Gasteiger partial charge on any atom is 0.179 e. The third-order valence-electron chi connectivity index (χ3n) is 11.9. The van der Waals surface area contributed by atoms with E-state index in [0.717, 1.165) is 11.4 Å². The summed E-state index contributed by atoms with van der Waals surface area (Å²) >= 11 is 0. The summed E-state index contributed by atoms with van der Waals surface area (Å²) in [5.74, 6) is 0. The van der Waals surface area contributed by atoms with Crippen LogP contribution in [0.5, 0.6) is 0 Å². The van der Waals surface area contributed by atoms with Crippen molar-refractivity contribution >= 4 is 72.4 Å². The monoisotopic (exact) mass is 742 g/mol. The van der Waals surface area contributed by atoms with Crippen molar-refractivity contribution in [1.82, 2.24) is 9.13 Å². The van der Waals surface area contributed by atoms with E-state index in [0.29, 0.717) is 0 Å². The minimum absolute atomic E-state index is 1.14. The van der Waals surface area contributed by atoms with Gasteiger partial charge in [-0.15, -0.1) is 0 Å². The highest BCUT2D eigenvalue weighted by Crippen LogP contribution is 2.42. The number of para-hydroxylation sites is 4. The van der Waals surface area contributed by atoms with Crippen molar-refractivity contribution in [3.63, 3.8) is 0 Å². The molecule has 0 amide bonds. The van der Waals surface area contributed by atoms with Gasteiger partial charge in [-0.1, -0.05) is 200 Å². The molecule has 0 aliphatic rings. The maximum absolute atomic E-state index is 2.75. The summed E-state index contributed by atoms with van der Waals surface area (Å²) in [7, 11) is -2.75. The van der Waals surface area contributed by atoms with E-state index in [9.17, 15) is 0 Å². The van der Waals surface area contributed by atoms with Crippen molar-refractivity contribution in [2.45, 2.75) is 0 Å². The zero-order valence-corrected chi connectivity index (χ0v) is 32.3. The number of nitrogens with zero attached hydrogens (tertiary/aromatic N) is 2. The molecule has 0 atom stereocenters. The highest BCUT2D eigenvalue weighted by atomic mass is 28.3. The van der Waals surface area contributed by atoms with Gasteiger partial charge in [0.2, 0.25) is 0 Å². The van der Waals surface area contributed by atoms with Crippen LogP contribution in [0.15, 0.2) is 231 Å². The molecule has 0 aliphatic heterocycles. The van der Waals surface area contributed by atoms with Crippen LogP contribution in [0.4, 0.5) is 0 Å². The smallest absolute Gasteiger partial charge is 0.179 e. The molecule has 0 aliphatic carbocycles. The van der Waals surface area contributed by atoms with Crippen LogP contribution in [0, 0.1) is 0 Å². The van der Waals surface area contributed by atoms with E-state index in [2.05, 4.69) is 240 Å². The van der Waals surface area contributed by atoms with Gasteiger partial charge in [-0.25, -0.2) is 0 Å². The fourth-order valence-electron chi connectivity index (χ4n) is 9.49. The van der Waals surface area contributed by atoms with Crippen LogP contribution in [-0.2, 0) is 0 Å². The topological polar surface area (TPSA) is 9.86 Å². The molecule has 0 saturated carbocycles. The van der Waals surface area contributed by atoms with Gasteiger partial charge in [-0.05, 0) is 56.6 Å². The summed E-state index contributed by atoms with van der Waals surface area (Å²) in [5, 5.41) is 10.5. The number of aromatic nitrogens is 2. The molecule has 11 aromatic rings. The first kappa shape index (κ1) is 33.2. The van der Waals surface area contributed by atoms with Crippen LogP contribution in [0.1, 0.15) is 0 Å². The molecule has 11 rings (SSSR count). The van der Waals surface area contributed by atoms with Crippen LogP contribution in [0.2, 0.25) is 0 Å². The van der Waals surface area contributed by atoms with Crippen LogP contribution in [0.25, 0.3) is 66.1 Å². The molecule has 9 aromatic carbocycles. The third kappa shape index (κ3) is 5.10. The Morgan fingerprint density at radius 1 is 0.298 bits per heavy atom. The van der Waals surface area contributed by atoms with Crippen molar-refractivity contribution in [3.05, 3.63) is 231 Å². The van der Waals surface area contributed by atoms with Crippen LogP contribution in [0.3, 0.4) is 0 Å². The number of benzene rings is 9. The molecule has 0 unspecified atom stereocenters. The van der Waals surface area contributed by atoms with E-state index in [1.807, 2.05) is 0 Å². The molecule has 0 spiro atoms. The van der Waals surface area contributed by atoms with Gasteiger partial charge in [0, 0.05) is 32.8 Å². The first-order valence-corrected chi connectivity index (χ1v) is 21.7. The number of fused-ring (bicyclic) bond motifs is 6. The lowest BCUT2D eigenvalue weighted by atomic mass is 10.0. The maximum atomic E-state index is 2.52. The van der Waals surface area contributed by atoms with Crippen molar-refractivity contribution < 1.29 is 0 Å². The molecular formula is C54H38N2Si. The lowest BCUT2D eigenvalue weighted by Gasteiger charge is -2.34. The Kier molecular flexibility index (Phi) is 7.87. The van der Waals surface area contributed by atoms with Crippen molar-refractivity contribution in [2.24, 2.45) is 0 Å². The van der Waals surface area contributed by atoms with Gasteiger partial charge in [-0.3, -0.25) is 0 Å². The second-order valence-corrected chi connectivity index (χ2v) is 18.7. The van der Waals surface area contributed by atoms with Gasteiger partial charge < -0.3 is 9.13 Å². The minimum atomic E-state index is -2.75. The Hall–Kier alpha value is -7.20. The van der Waals surface area contributed by atoms with E-state index >= 15 is 0 Å². The SMILES string of the molecule is c1ccc(-c2cccc3c4cccc(-n5c6ccccc6c6cc([Si](c7ccccc7)(c7ccccc7)c7ccccc7)ccc65)c4n(-c4ccccc4)c23)cc1. The molecule has 0 saturated heterocycles. The Morgan fingerprint density at radius 3 is 1.42 bits per heavy atom. The van der Waals surface area contributed by atoms with Crippen molar-refractivity contribution in [3.8, 4) is 22.5 Å². The molecule has 3 heteroatoms. The van der Waals surface area contributed by atoms with E-state index in [-0.39, 0.29) is 0 Å². The molecule has 0 bridgehead atoms. The van der Waals surface area contributed by atoms with E-state index in [1.54, 1.807) is 0 Å². The summed E-state index contributed by atoms with van der Waals surface area (Å²) in [6.07, 6.45) is 0. The van der Waals surface area contributed by atoms with Gasteiger partial charge in [0.25, 0.3) is 0 Å². The van der Waals surface area contributed by atoms with E-state index in [4.69, 9.17) is 0 Å². The van der Waals surface area contributed by atoms with Crippen LogP contribution in [-0.4, -0.2) is 17.2 Å². The van der Waals surface area contributed by atoms with E-state index in [1.165, 1.54) is 75.5 Å². The van der Waals surface area contributed by atoms with Crippen molar-refractivity contribution in [1.29, 1.82) is 0 Å². The normalized spacial score (nSPS) is 11.9. The summed E-state index contributed by atoms with van der Waals surface area (Å²) < 4.78 is 5.00. The molecule has 2 heterocycles. The fourth-order valence-corrected chi connectivity index (χ4v) is 14.3. The predicted octanol–water partition coefficient (Wildman–Crippen LogP) is 10.9. The highest BCUT2D eigenvalue weighted by molar-refractivity contribution is 7.20. The standard InChI is InChI=1S/C54H38N2Si/c1-6-20-39(21-7-1)45-31-18-32-47-48-33-19-35-52(54(48)55(53(45)47)40-22-8-2-9-23-40)56-50-34-17-16-30-46(50)49-38-44(36-37-51(49)56)57(41-24-10-3-11-25-41,42-26-12-4-13-27-42)43-28-14-5-15-29-43/h1-38H. The molecule has 0 fully saturated rings. The molecule has 268 valence electrons. The van der Waals surface area contributed by atoms with Gasteiger partial charge in [0.15, 0.2) is 8.07 Å². The second-order valence-electron chi connectivity index (χ2n) is 14.8. The van der Waals surface area contributed by atoms with Crippen LogP contribution >= 0.6 is 0 Å². The quantitative estimate of drug-likeness (QED) is 0.114. The Labute approximate surface area is 333 Å². The molecule has 0 N–H and O–H groups in total. The fraction of sp³-hybridized carbons (Fsp3) is 0. The summed E-state index contributed by atoms with van der Waals surface area (Å²) in [5.41, 5.74) is 9.51. The Balaban J connectivity index is 1.25. The summed E-state index contributed by atoms with van der Waals surface area (Å²) in [6.45, 7) is 0. The predicted molar refractivity (Wildman–Crippen MR) is 244 cm³/mol. The largest absolute Gasteiger partial charge is 0.307 e. The minimum Gasteiger partial charge on any atom is -0.307 e. The van der Waals surface area contributed by atoms with Crippen molar-refractivity contribution in [2.75, 3.05) is 0 Å². The third-order valence-corrected chi connectivity index (χ3v) is 16.6. The second kappa shape index (κ2) is 13.5. The van der Waals surface area contributed by atoms with Gasteiger partial charge in [0.05, 0.1) is 27.8 Å². The lowest BCUT2D eigenvalue weighted by Crippen LogP contribution is -2.74. The summed E-state index contributed by atoms with van der Waals surface area (Å²) in [4.78, 5) is 0. The van der Waals surface area contributed by atoms with Gasteiger partial charge in [0.1, 0.15) is 0 Å². The average molecular weight is 743 g/mol. The lowest BCUT2D eigenvalue weighted by molar-refractivity contribution is 1.13. The molecule has 57 heavy (non-hydrogen) atoms. The molecule has 2 nitrogen and oxygen atoms in total. The highest BCUT2D eigenvalue weighted by Gasteiger charge is 2.41. The van der Waals surface area contributed by atoms with Crippen LogP contribution < -0.4 is 20.7 Å². The van der Waals surface area contributed by atoms with Gasteiger partial charge >= 0.3 is 0 Å². The first-order valence-electron chi connectivity index (χ1n) is 19.7. The molecular weight excluding hydrogens is 705 g/mol. The average Bonchev–Trinajstić information content (AvgIpc) is 3.81. The number of hydrogen-bond acceptors (Lipinski definition) is 0. The van der Waals surface area contributed by atoms with E-state index < -0.39 is 8.07 Å². The zero-order chi connectivity index (χ0) is 37.8. The zero-order valence-electron chi connectivity index (χ0n) is 31.3. The van der Waals surface area contributed by atoms with Gasteiger partial charge in [-0.2, -0.15) is 0 Å². The Bertz CT molecular complexity index is 3110. The molecule has 2 aromatic heterocycles. The number of hydrogen-bond donors (Lipinski definition) is 0.